The zero-order valence-corrected chi connectivity index (χ0v) is 8.97. The van der Waals surface area contributed by atoms with Gasteiger partial charge in [0, 0.05) is 5.69 Å². The van der Waals surface area contributed by atoms with E-state index in [1.54, 1.807) is 6.07 Å². The van der Waals surface area contributed by atoms with Crippen LogP contribution in [0.4, 0.5) is 0 Å². The number of nitrogens with one attached hydrogen (secondary N) is 1. The zero-order chi connectivity index (χ0) is 11.5. The monoisotopic (exact) mass is 215 g/mol. The summed E-state index contributed by atoms with van der Waals surface area (Å²) >= 11 is 0. The summed E-state index contributed by atoms with van der Waals surface area (Å²) < 4.78 is 0. The minimum atomic E-state index is -0.360. The number of benzene rings is 1. The number of aryl methyl sites for hydroxylation is 1. The topological polar surface area (TPSA) is 71.8 Å². The van der Waals surface area contributed by atoms with E-state index >= 15 is 0 Å². The molecule has 1 aromatic heterocycles. The van der Waals surface area contributed by atoms with Crippen molar-refractivity contribution in [2.24, 2.45) is 5.73 Å². The fraction of sp³-hybridized carbons (Fsp3) is 0.167. The molecular weight excluding hydrogens is 202 g/mol. The minimum absolute atomic E-state index is 0.359. The Labute approximate surface area is 93.2 Å². The van der Waals surface area contributed by atoms with E-state index < -0.39 is 0 Å². The van der Waals surface area contributed by atoms with Crippen LogP contribution in [0.15, 0.2) is 41.2 Å². The molecule has 0 fully saturated rings. The van der Waals surface area contributed by atoms with E-state index in [0.29, 0.717) is 5.69 Å². The molecule has 0 spiro atoms. The van der Waals surface area contributed by atoms with Gasteiger partial charge in [0.15, 0.2) is 0 Å². The number of hydrogen-bond acceptors (Lipinski definition) is 3. The SMILES string of the molecule is Cc1cc(C(N)c2ccccc2)nc(=O)[nH]1. The molecule has 1 unspecified atom stereocenters. The Bertz CT molecular complexity index is 533. The van der Waals surface area contributed by atoms with Gasteiger partial charge >= 0.3 is 5.69 Å². The molecular formula is C12H13N3O. The summed E-state index contributed by atoms with van der Waals surface area (Å²) in [5.74, 6) is 0. The molecule has 0 bridgehead atoms. The molecule has 0 aliphatic rings. The van der Waals surface area contributed by atoms with Gasteiger partial charge in [-0.15, -0.1) is 0 Å². The van der Waals surface area contributed by atoms with Crippen molar-refractivity contribution in [3.63, 3.8) is 0 Å². The first-order valence-electron chi connectivity index (χ1n) is 5.05. The number of aromatic amines is 1. The highest BCUT2D eigenvalue weighted by Crippen LogP contribution is 2.16. The maximum absolute atomic E-state index is 11.2. The molecule has 82 valence electrons. The van der Waals surface area contributed by atoms with Crippen molar-refractivity contribution >= 4 is 0 Å². The average molecular weight is 215 g/mol. The molecule has 1 atom stereocenters. The molecule has 4 heteroatoms. The molecule has 0 saturated carbocycles. The molecule has 16 heavy (non-hydrogen) atoms. The molecule has 0 saturated heterocycles. The van der Waals surface area contributed by atoms with Crippen molar-refractivity contribution in [3.8, 4) is 0 Å². The first-order valence-corrected chi connectivity index (χ1v) is 5.05. The minimum Gasteiger partial charge on any atom is -0.319 e. The second kappa shape index (κ2) is 4.28. The molecule has 4 nitrogen and oxygen atoms in total. The van der Waals surface area contributed by atoms with E-state index in [2.05, 4.69) is 9.97 Å². The highest BCUT2D eigenvalue weighted by Gasteiger charge is 2.10. The second-order valence-electron chi connectivity index (χ2n) is 3.68. The van der Waals surface area contributed by atoms with Gasteiger partial charge in [-0.1, -0.05) is 30.3 Å². The van der Waals surface area contributed by atoms with E-state index in [4.69, 9.17) is 5.73 Å². The van der Waals surface area contributed by atoms with Gasteiger partial charge in [-0.05, 0) is 18.6 Å². The summed E-state index contributed by atoms with van der Waals surface area (Å²) in [5, 5.41) is 0. The van der Waals surface area contributed by atoms with E-state index in [1.165, 1.54) is 0 Å². The Hall–Kier alpha value is -1.94. The van der Waals surface area contributed by atoms with Crippen molar-refractivity contribution in [2.75, 3.05) is 0 Å². The lowest BCUT2D eigenvalue weighted by Gasteiger charge is -2.11. The third kappa shape index (κ3) is 2.17. The quantitative estimate of drug-likeness (QED) is 0.788. The van der Waals surface area contributed by atoms with Crippen LogP contribution < -0.4 is 11.4 Å². The Balaban J connectivity index is 2.41. The van der Waals surface area contributed by atoms with Crippen LogP contribution in [0.25, 0.3) is 0 Å². The predicted molar refractivity (Wildman–Crippen MR) is 62.1 cm³/mol. The van der Waals surface area contributed by atoms with Crippen LogP contribution in [-0.4, -0.2) is 9.97 Å². The Morgan fingerprint density at radius 2 is 2.00 bits per heavy atom. The molecule has 0 amide bonds. The summed E-state index contributed by atoms with van der Waals surface area (Å²) in [7, 11) is 0. The summed E-state index contributed by atoms with van der Waals surface area (Å²) in [6, 6.07) is 11.0. The van der Waals surface area contributed by atoms with Crippen LogP contribution in [-0.2, 0) is 0 Å². The van der Waals surface area contributed by atoms with Gasteiger partial charge in [-0.2, -0.15) is 4.98 Å². The molecule has 1 aromatic carbocycles. The Kier molecular flexibility index (Phi) is 2.83. The molecule has 0 aliphatic heterocycles. The highest BCUT2D eigenvalue weighted by molar-refractivity contribution is 5.27. The van der Waals surface area contributed by atoms with E-state index in [1.807, 2.05) is 37.3 Å². The van der Waals surface area contributed by atoms with Crippen molar-refractivity contribution in [2.45, 2.75) is 13.0 Å². The van der Waals surface area contributed by atoms with Crippen LogP contribution in [0.2, 0.25) is 0 Å². The number of aromatic nitrogens is 2. The summed E-state index contributed by atoms with van der Waals surface area (Å²) in [6.07, 6.45) is 0. The van der Waals surface area contributed by atoms with Gasteiger partial charge in [0.05, 0.1) is 11.7 Å². The first-order chi connectivity index (χ1) is 7.66. The lowest BCUT2D eigenvalue weighted by Crippen LogP contribution is -2.20. The molecule has 2 rings (SSSR count). The summed E-state index contributed by atoms with van der Waals surface area (Å²) in [6.45, 7) is 1.81. The maximum Gasteiger partial charge on any atom is 0.345 e. The van der Waals surface area contributed by atoms with Crippen molar-refractivity contribution in [3.05, 3.63) is 63.8 Å². The highest BCUT2D eigenvalue weighted by atomic mass is 16.1. The molecule has 0 aliphatic carbocycles. The van der Waals surface area contributed by atoms with Gasteiger partial charge in [0.1, 0.15) is 0 Å². The first kappa shape index (κ1) is 10.6. The Morgan fingerprint density at radius 1 is 1.31 bits per heavy atom. The smallest absolute Gasteiger partial charge is 0.319 e. The number of H-pyrrole nitrogens is 1. The molecule has 2 aromatic rings. The molecule has 1 heterocycles. The van der Waals surface area contributed by atoms with Gasteiger partial charge in [-0.3, -0.25) is 0 Å². The van der Waals surface area contributed by atoms with Crippen molar-refractivity contribution < 1.29 is 0 Å². The van der Waals surface area contributed by atoms with Crippen molar-refractivity contribution in [1.29, 1.82) is 0 Å². The van der Waals surface area contributed by atoms with Crippen molar-refractivity contribution in [1.82, 2.24) is 9.97 Å². The number of nitrogens with zero attached hydrogens (tertiary/aromatic N) is 1. The van der Waals surface area contributed by atoms with Crippen LogP contribution in [0, 0.1) is 6.92 Å². The van der Waals surface area contributed by atoms with Gasteiger partial charge in [0.2, 0.25) is 0 Å². The Morgan fingerprint density at radius 3 is 2.62 bits per heavy atom. The summed E-state index contributed by atoms with van der Waals surface area (Å²) in [4.78, 5) is 17.7. The van der Waals surface area contributed by atoms with Crippen LogP contribution in [0.1, 0.15) is 23.0 Å². The lowest BCUT2D eigenvalue weighted by atomic mass is 10.0. The standard InChI is InChI=1S/C12H13N3O/c1-8-7-10(15-12(16)14-8)11(13)9-5-3-2-4-6-9/h2-7,11H,13H2,1H3,(H,14,15,16). The van der Waals surface area contributed by atoms with Gasteiger partial charge in [-0.25, -0.2) is 4.79 Å². The predicted octanol–water partition coefficient (Wildman–Crippen LogP) is 1.13. The van der Waals surface area contributed by atoms with E-state index in [9.17, 15) is 4.79 Å². The third-order valence-electron chi connectivity index (χ3n) is 2.38. The average Bonchev–Trinajstić information content (AvgIpc) is 2.28. The van der Waals surface area contributed by atoms with Crippen LogP contribution >= 0.6 is 0 Å². The molecule has 3 N–H and O–H groups in total. The largest absolute Gasteiger partial charge is 0.345 e. The van der Waals surface area contributed by atoms with E-state index in [-0.39, 0.29) is 11.7 Å². The lowest BCUT2D eigenvalue weighted by molar-refractivity contribution is 0.801. The molecule has 0 radical (unpaired) electrons. The van der Waals surface area contributed by atoms with E-state index in [0.717, 1.165) is 11.3 Å². The number of hydrogen-bond donors (Lipinski definition) is 2. The second-order valence-corrected chi connectivity index (χ2v) is 3.68. The summed E-state index contributed by atoms with van der Waals surface area (Å²) in [5.41, 5.74) is 7.98. The fourth-order valence-corrected chi connectivity index (χ4v) is 1.59. The maximum atomic E-state index is 11.2. The zero-order valence-electron chi connectivity index (χ0n) is 8.97. The van der Waals surface area contributed by atoms with Crippen LogP contribution in [0.3, 0.4) is 0 Å². The van der Waals surface area contributed by atoms with Crippen LogP contribution in [0.5, 0.6) is 0 Å². The van der Waals surface area contributed by atoms with Gasteiger partial charge < -0.3 is 10.7 Å². The van der Waals surface area contributed by atoms with Gasteiger partial charge in [0.25, 0.3) is 0 Å². The normalized spacial score (nSPS) is 12.4. The number of nitrogens with two attached hydrogens (primary N) is 1. The third-order valence-corrected chi connectivity index (χ3v) is 2.38. The fourth-order valence-electron chi connectivity index (χ4n) is 1.59. The number of rotatable bonds is 2.